The molecule has 1 aliphatic heterocycles. The number of benzene rings is 1. The molecule has 0 bridgehead atoms. The Kier molecular flexibility index (Phi) is 5.28. The summed E-state index contributed by atoms with van der Waals surface area (Å²) in [4.78, 5) is 39.0. The summed E-state index contributed by atoms with van der Waals surface area (Å²) in [5.41, 5.74) is 0.908. The van der Waals surface area contributed by atoms with E-state index in [0.717, 1.165) is 31.2 Å². The van der Waals surface area contributed by atoms with E-state index in [1.807, 2.05) is 36.4 Å². The van der Waals surface area contributed by atoms with E-state index >= 15 is 0 Å². The Morgan fingerprint density at radius 3 is 2.32 bits per heavy atom. The lowest BCUT2D eigenvalue weighted by Gasteiger charge is -2.19. The molecule has 2 aliphatic rings. The number of hydrogen-bond donors (Lipinski definition) is 1. The lowest BCUT2D eigenvalue weighted by Crippen LogP contribution is -2.36. The Hall–Kier alpha value is -2.89. The topological polar surface area (TPSA) is 79.6 Å². The van der Waals surface area contributed by atoms with Crippen LogP contribution in [0.1, 0.15) is 49.5 Å². The maximum Gasteiger partial charge on any atom is 0.233 e. The van der Waals surface area contributed by atoms with Crippen LogP contribution in [0, 0.1) is 11.8 Å². The number of nitrogens with zero attached hydrogens (tertiary/aromatic N) is 1. The van der Waals surface area contributed by atoms with Crippen molar-refractivity contribution in [2.45, 2.75) is 38.1 Å². The molecule has 3 unspecified atom stereocenters. The molecule has 0 radical (unpaired) electrons. The van der Waals surface area contributed by atoms with Crippen LogP contribution < -0.4 is 5.32 Å². The van der Waals surface area contributed by atoms with Gasteiger partial charge < -0.3 is 9.73 Å². The average molecular weight is 380 g/mol. The van der Waals surface area contributed by atoms with E-state index in [9.17, 15) is 14.4 Å². The Morgan fingerprint density at radius 1 is 1.04 bits per heavy atom. The molecule has 146 valence electrons. The summed E-state index contributed by atoms with van der Waals surface area (Å²) in [5, 5.41) is 2.97. The molecule has 1 aromatic heterocycles. The van der Waals surface area contributed by atoms with Gasteiger partial charge in [0.2, 0.25) is 17.7 Å². The highest BCUT2D eigenvalue weighted by molar-refractivity contribution is 6.05. The summed E-state index contributed by atoms with van der Waals surface area (Å²) in [7, 11) is 0. The second kappa shape index (κ2) is 8.00. The van der Waals surface area contributed by atoms with E-state index < -0.39 is 6.04 Å². The normalized spacial score (nSPS) is 22.8. The molecule has 1 N–H and O–H groups in total. The molecule has 1 saturated carbocycles. The van der Waals surface area contributed by atoms with E-state index in [4.69, 9.17) is 4.42 Å². The minimum atomic E-state index is -0.406. The number of nitrogens with one attached hydrogen (secondary N) is 1. The summed E-state index contributed by atoms with van der Waals surface area (Å²) < 4.78 is 5.49. The fourth-order valence-corrected chi connectivity index (χ4v) is 4.32. The molecule has 1 saturated heterocycles. The minimum Gasteiger partial charge on any atom is -0.467 e. The largest absolute Gasteiger partial charge is 0.467 e. The third-order valence-electron chi connectivity index (χ3n) is 5.76. The third-order valence-corrected chi connectivity index (χ3v) is 5.76. The number of amides is 3. The van der Waals surface area contributed by atoms with Crippen molar-refractivity contribution < 1.29 is 18.8 Å². The number of hydrogen-bond acceptors (Lipinski definition) is 4. The number of likely N-dealkylation sites (tertiary alicyclic amines) is 1. The van der Waals surface area contributed by atoms with E-state index in [-0.39, 0.29) is 42.5 Å². The summed E-state index contributed by atoms with van der Waals surface area (Å²) in [6.45, 7) is 0.135. The summed E-state index contributed by atoms with van der Waals surface area (Å²) in [5.74, 6) is -0.144. The molecule has 2 aromatic rings. The first-order valence-electron chi connectivity index (χ1n) is 9.88. The highest BCUT2D eigenvalue weighted by Gasteiger charge is 2.47. The van der Waals surface area contributed by atoms with Crippen molar-refractivity contribution >= 4 is 17.7 Å². The van der Waals surface area contributed by atoms with Gasteiger partial charge in [-0.2, -0.15) is 0 Å². The zero-order valence-corrected chi connectivity index (χ0v) is 15.7. The summed E-state index contributed by atoms with van der Waals surface area (Å²) in [6, 6.07) is 12.8. The Labute approximate surface area is 163 Å². The second-order valence-corrected chi connectivity index (χ2v) is 7.50. The molecule has 6 heteroatoms. The second-order valence-electron chi connectivity index (χ2n) is 7.50. The fourth-order valence-electron chi connectivity index (χ4n) is 4.32. The van der Waals surface area contributed by atoms with Gasteiger partial charge in [0.15, 0.2) is 0 Å². The van der Waals surface area contributed by atoms with Crippen molar-refractivity contribution in [1.29, 1.82) is 0 Å². The number of rotatable bonds is 6. The van der Waals surface area contributed by atoms with Crippen LogP contribution in [-0.2, 0) is 14.4 Å². The summed E-state index contributed by atoms with van der Waals surface area (Å²) in [6.07, 6.45) is 5.22. The van der Waals surface area contributed by atoms with Crippen LogP contribution in [0.15, 0.2) is 53.1 Å². The first kappa shape index (κ1) is 18.5. The van der Waals surface area contributed by atoms with Crippen molar-refractivity contribution in [3.8, 4) is 0 Å². The molecule has 1 aliphatic carbocycles. The first-order chi connectivity index (χ1) is 13.6. The highest BCUT2D eigenvalue weighted by atomic mass is 16.3. The van der Waals surface area contributed by atoms with Gasteiger partial charge in [-0.15, -0.1) is 0 Å². The van der Waals surface area contributed by atoms with Crippen LogP contribution >= 0.6 is 0 Å². The van der Waals surface area contributed by atoms with Gasteiger partial charge in [-0.3, -0.25) is 19.3 Å². The van der Waals surface area contributed by atoms with Crippen LogP contribution in [0.25, 0.3) is 0 Å². The van der Waals surface area contributed by atoms with E-state index in [0.29, 0.717) is 5.76 Å². The molecular formula is C22H24N2O4. The number of fused-ring (bicyclic) bond motifs is 1. The quantitative estimate of drug-likeness (QED) is 0.781. The van der Waals surface area contributed by atoms with E-state index in [1.54, 1.807) is 12.3 Å². The van der Waals surface area contributed by atoms with Crippen LogP contribution in [0.3, 0.4) is 0 Å². The maximum absolute atomic E-state index is 12.6. The van der Waals surface area contributed by atoms with E-state index in [2.05, 4.69) is 5.32 Å². The SMILES string of the molecule is O=C(CCN1C(=O)C2CCCCC2C1=O)NC(c1ccccc1)c1ccco1. The van der Waals surface area contributed by atoms with Crippen molar-refractivity contribution in [2.75, 3.05) is 6.54 Å². The van der Waals surface area contributed by atoms with Crippen LogP contribution in [-0.4, -0.2) is 29.2 Å². The van der Waals surface area contributed by atoms with Gasteiger partial charge in [0, 0.05) is 13.0 Å². The Bertz CT molecular complexity index is 823. The zero-order chi connectivity index (χ0) is 19.5. The smallest absolute Gasteiger partial charge is 0.233 e. The zero-order valence-electron chi connectivity index (χ0n) is 15.7. The monoisotopic (exact) mass is 380 g/mol. The van der Waals surface area contributed by atoms with Gasteiger partial charge in [0.25, 0.3) is 0 Å². The van der Waals surface area contributed by atoms with Crippen molar-refractivity contribution in [1.82, 2.24) is 10.2 Å². The van der Waals surface area contributed by atoms with Gasteiger partial charge in [0.1, 0.15) is 11.8 Å². The lowest BCUT2D eigenvalue weighted by atomic mass is 9.81. The lowest BCUT2D eigenvalue weighted by molar-refractivity contribution is -0.140. The van der Waals surface area contributed by atoms with Gasteiger partial charge in [-0.25, -0.2) is 0 Å². The molecule has 2 heterocycles. The summed E-state index contributed by atoms with van der Waals surface area (Å²) >= 11 is 0. The number of carbonyl (C=O) groups is 3. The Morgan fingerprint density at radius 2 is 1.71 bits per heavy atom. The van der Waals surface area contributed by atoms with Crippen molar-refractivity contribution in [3.05, 3.63) is 60.1 Å². The minimum absolute atomic E-state index is 0.0843. The Balaban J connectivity index is 1.41. The maximum atomic E-state index is 12.6. The van der Waals surface area contributed by atoms with E-state index in [1.165, 1.54) is 4.90 Å². The van der Waals surface area contributed by atoms with Gasteiger partial charge in [-0.1, -0.05) is 43.2 Å². The molecule has 3 atom stereocenters. The predicted octanol–water partition coefficient (Wildman–Crippen LogP) is 3.05. The number of carbonyl (C=O) groups excluding carboxylic acids is 3. The molecule has 4 rings (SSSR count). The standard InChI is InChI=1S/C22H24N2O4/c25-19(12-13-24-21(26)16-9-4-5-10-17(16)22(24)27)23-20(18-11-6-14-28-18)15-7-2-1-3-8-15/h1-3,6-8,11,14,16-17,20H,4-5,9-10,12-13H2,(H,23,25). The van der Waals surface area contributed by atoms with Crippen LogP contribution in [0.4, 0.5) is 0 Å². The molecule has 28 heavy (non-hydrogen) atoms. The molecular weight excluding hydrogens is 356 g/mol. The average Bonchev–Trinajstić information content (AvgIpc) is 3.34. The third kappa shape index (κ3) is 3.59. The first-order valence-corrected chi connectivity index (χ1v) is 9.88. The molecule has 2 fully saturated rings. The fraction of sp³-hybridized carbons (Fsp3) is 0.409. The van der Waals surface area contributed by atoms with Crippen molar-refractivity contribution in [3.63, 3.8) is 0 Å². The number of furan rings is 1. The molecule has 6 nitrogen and oxygen atoms in total. The van der Waals surface area contributed by atoms with Gasteiger partial charge in [-0.05, 0) is 30.5 Å². The van der Waals surface area contributed by atoms with Gasteiger partial charge >= 0.3 is 0 Å². The highest BCUT2D eigenvalue weighted by Crippen LogP contribution is 2.38. The van der Waals surface area contributed by atoms with Crippen LogP contribution in [0.5, 0.6) is 0 Å². The predicted molar refractivity (Wildman–Crippen MR) is 102 cm³/mol. The molecule has 3 amide bonds. The molecule has 0 spiro atoms. The van der Waals surface area contributed by atoms with Gasteiger partial charge in [0.05, 0.1) is 18.1 Å². The number of imide groups is 1. The van der Waals surface area contributed by atoms with Crippen LogP contribution in [0.2, 0.25) is 0 Å². The molecule has 1 aromatic carbocycles. The van der Waals surface area contributed by atoms with Crippen molar-refractivity contribution in [2.24, 2.45) is 11.8 Å².